The van der Waals surface area contributed by atoms with E-state index in [0.717, 1.165) is 11.3 Å². The van der Waals surface area contributed by atoms with Crippen LogP contribution in [0, 0.1) is 12.7 Å². The molecule has 1 unspecified atom stereocenters. The third kappa shape index (κ3) is 4.32. The summed E-state index contributed by atoms with van der Waals surface area (Å²) in [5, 5.41) is 5.03. The lowest BCUT2D eigenvalue weighted by atomic mass is 9.98. The van der Waals surface area contributed by atoms with Gasteiger partial charge in [0.05, 0.1) is 22.7 Å². The molecule has 0 radical (unpaired) electrons. The molecule has 0 aliphatic carbocycles. The molecule has 9 heteroatoms. The molecular formula is C26H27ClFN5O2. The standard InChI is InChI=1S/C26H27ClFN5O2/c1-15-30-24-20(19-7-6-17(27)8-22(19)28)9-18(10-21(24)25(34)32(15)5)33-13-23(35-26(2,3)14-33)16-11-29-31(4)12-16/h6-12,23H,13-14H2,1-5H3. The highest BCUT2D eigenvalue weighted by atomic mass is 35.5. The van der Waals surface area contributed by atoms with E-state index < -0.39 is 11.4 Å². The first-order chi connectivity index (χ1) is 16.5. The van der Waals surface area contributed by atoms with Crippen LogP contribution in [0.1, 0.15) is 31.3 Å². The Kier molecular flexibility index (Phi) is 5.68. The Morgan fingerprint density at radius 2 is 1.94 bits per heavy atom. The monoisotopic (exact) mass is 495 g/mol. The van der Waals surface area contributed by atoms with Gasteiger partial charge >= 0.3 is 0 Å². The predicted octanol–water partition coefficient (Wildman–Crippen LogP) is 4.79. The van der Waals surface area contributed by atoms with Crippen LogP contribution in [0.3, 0.4) is 0 Å². The van der Waals surface area contributed by atoms with Crippen LogP contribution in [-0.4, -0.2) is 38.0 Å². The molecule has 182 valence electrons. The smallest absolute Gasteiger partial charge is 0.261 e. The Labute approximate surface area is 207 Å². The Balaban J connectivity index is 1.71. The number of rotatable bonds is 3. The Morgan fingerprint density at radius 1 is 1.17 bits per heavy atom. The van der Waals surface area contributed by atoms with Crippen molar-refractivity contribution in [3.05, 3.63) is 75.3 Å². The van der Waals surface area contributed by atoms with Gasteiger partial charge in [0.25, 0.3) is 5.56 Å². The average Bonchev–Trinajstić information content (AvgIpc) is 3.23. The fourth-order valence-electron chi connectivity index (χ4n) is 4.72. The van der Waals surface area contributed by atoms with E-state index >= 15 is 4.39 Å². The maximum atomic E-state index is 15.1. The van der Waals surface area contributed by atoms with Crippen LogP contribution in [0.15, 0.2) is 47.5 Å². The van der Waals surface area contributed by atoms with Gasteiger partial charge in [0, 0.05) is 60.8 Å². The molecule has 1 saturated heterocycles. The largest absolute Gasteiger partial charge is 0.366 e. The third-order valence-corrected chi connectivity index (χ3v) is 6.73. The zero-order chi connectivity index (χ0) is 25.1. The van der Waals surface area contributed by atoms with Crippen LogP contribution in [0.5, 0.6) is 0 Å². The number of ether oxygens (including phenoxy) is 1. The van der Waals surface area contributed by atoms with Crippen molar-refractivity contribution in [3.8, 4) is 11.1 Å². The van der Waals surface area contributed by atoms with E-state index in [2.05, 4.69) is 15.0 Å². The summed E-state index contributed by atoms with van der Waals surface area (Å²) >= 11 is 6.02. The Hall–Kier alpha value is -3.23. The summed E-state index contributed by atoms with van der Waals surface area (Å²) in [5.41, 5.74) is 2.49. The number of anilines is 1. The molecule has 7 nitrogen and oxygen atoms in total. The topological polar surface area (TPSA) is 65.2 Å². The van der Waals surface area contributed by atoms with E-state index in [4.69, 9.17) is 16.3 Å². The Morgan fingerprint density at radius 3 is 2.63 bits per heavy atom. The SMILES string of the molecule is Cc1nc2c(-c3ccc(Cl)cc3F)cc(N3CC(c4cnn(C)c4)OC(C)(C)C3)cc2c(=O)n1C. The van der Waals surface area contributed by atoms with Gasteiger partial charge in [0.15, 0.2) is 0 Å². The molecule has 1 aliphatic rings. The van der Waals surface area contributed by atoms with Gasteiger partial charge in [0.2, 0.25) is 0 Å². The van der Waals surface area contributed by atoms with Crippen LogP contribution in [0.25, 0.3) is 22.0 Å². The molecule has 1 fully saturated rings. The number of aromatic nitrogens is 4. The molecule has 0 spiro atoms. The quantitative estimate of drug-likeness (QED) is 0.409. The fourth-order valence-corrected chi connectivity index (χ4v) is 4.88. The van der Waals surface area contributed by atoms with Gasteiger partial charge in [-0.2, -0.15) is 5.10 Å². The molecule has 0 N–H and O–H groups in total. The van der Waals surface area contributed by atoms with Gasteiger partial charge in [-0.3, -0.25) is 14.0 Å². The average molecular weight is 496 g/mol. The van der Waals surface area contributed by atoms with Crippen LogP contribution in [0.4, 0.5) is 10.1 Å². The van der Waals surface area contributed by atoms with Crippen molar-refractivity contribution in [2.24, 2.45) is 14.1 Å². The molecule has 1 atom stereocenters. The number of benzene rings is 2. The second-order valence-electron chi connectivity index (χ2n) is 9.73. The first-order valence-electron chi connectivity index (χ1n) is 11.4. The summed E-state index contributed by atoms with van der Waals surface area (Å²) in [4.78, 5) is 20.1. The lowest BCUT2D eigenvalue weighted by Gasteiger charge is -2.44. The molecule has 2 aromatic carbocycles. The van der Waals surface area contributed by atoms with E-state index in [1.54, 1.807) is 30.8 Å². The zero-order valence-electron chi connectivity index (χ0n) is 20.3. The summed E-state index contributed by atoms with van der Waals surface area (Å²) in [5.74, 6) is 0.0849. The van der Waals surface area contributed by atoms with E-state index in [1.165, 1.54) is 10.6 Å². The van der Waals surface area contributed by atoms with Gasteiger partial charge in [-0.15, -0.1) is 0 Å². The molecule has 5 rings (SSSR count). The number of fused-ring (bicyclic) bond motifs is 1. The Bertz CT molecular complexity index is 1510. The van der Waals surface area contributed by atoms with E-state index in [1.807, 2.05) is 45.4 Å². The van der Waals surface area contributed by atoms with Crippen molar-refractivity contribution in [2.75, 3.05) is 18.0 Å². The maximum absolute atomic E-state index is 15.1. The van der Waals surface area contributed by atoms with Gasteiger partial charge in [-0.25, -0.2) is 9.37 Å². The van der Waals surface area contributed by atoms with E-state index in [9.17, 15) is 4.79 Å². The minimum absolute atomic E-state index is 0.179. The van der Waals surface area contributed by atoms with Gasteiger partial charge in [-0.1, -0.05) is 11.6 Å². The number of nitrogens with zero attached hydrogens (tertiary/aromatic N) is 5. The first kappa shape index (κ1) is 23.5. The van der Waals surface area contributed by atoms with Crippen molar-refractivity contribution < 1.29 is 9.13 Å². The van der Waals surface area contributed by atoms with Crippen LogP contribution >= 0.6 is 11.6 Å². The molecule has 35 heavy (non-hydrogen) atoms. The van der Waals surface area contributed by atoms with E-state index in [0.29, 0.717) is 46.0 Å². The van der Waals surface area contributed by atoms with Crippen molar-refractivity contribution in [1.82, 2.24) is 19.3 Å². The van der Waals surface area contributed by atoms with Gasteiger partial charge in [-0.05, 0) is 51.1 Å². The van der Waals surface area contributed by atoms with Crippen LogP contribution in [0.2, 0.25) is 5.02 Å². The molecule has 0 bridgehead atoms. The number of morpholine rings is 1. The highest BCUT2D eigenvalue weighted by molar-refractivity contribution is 6.30. The molecule has 4 aromatic rings. The normalized spacial score (nSPS) is 17.8. The third-order valence-electron chi connectivity index (χ3n) is 6.49. The molecule has 2 aromatic heterocycles. The van der Waals surface area contributed by atoms with Crippen molar-refractivity contribution in [3.63, 3.8) is 0 Å². The van der Waals surface area contributed by atoms with Crippen LogP contribution in [-0.2, 0) is 18.8 Å². The van der Waals surface area contributed by atoms with Crippen molar-refractivity contribution in [1.29, 1.82) is 0 Å². The summed E-state index contributed by atoms with van der Waals surface area (Å²) in [6.45, 7) is 6.99. The summed E-state index contributed by atoms with van der Waals surface area (Å²) in [7, 11) is 3.56. The first-order valence-corrected chi connectivity index (χ1v) is 11.8. The highest BCUT2D eigenvalue weighted by Gasteiger charge is 2.35. The molecule has 0 amide bonds. The van der Waals surface area contributed by atoms with Crippen molar-refractivity contribution in [2.45, 2.75) is 32.5 Å². The predicted molar refractivity (Wildman–Crippen MR) is 135 cm³/mol. The second kappa shape index (κ2) is 8.46. The fraction of sp³-hybridized carbons (Fsp3) is 0.346. The number of hydrogen-bond donors (Lipinski definition) is 0. The number of halogens is 2. The lowest BCUT2D eigenvalue weighted by molar-refractivity contribution is -0.0855. The van der Waals surface area contributed by atoms with E-state index in [-0.39, 0.29) is 11.7 Å². The number of aryl methyl sites for hydroxylation is 2. The highest BCUT2D eigenvalue weighted by Crippen LogP contribution is 2.38. The number of hydrogen-bond acceptors (Lipinski definition) is 5. The zero-order valence-corrected chi connectivity index (χ0v) is 21.1. The van der Waals surface area contributed by atoms with Crippen molar-refractivity contribution >= 4 is 28.2 Å². The molecule has 0 saturated carbocycles. The maximum Gasteiger partial charge on any atom is 0.261 e. The second-order valence-corrected chi connectivity index (χ2v) is 10.2. The summed E-state index contributed by atoms with van der Waals surface area (Å²) in [6.07, 6.45) is 3.54. The lowest BCUT2D eigenvalue weighted by Crippen LogP contribution is -2.49. The molecule has 3 heterocycles. The minimum Gasteiger partial charge on any atom is -0.366 e. The minimum atomic E-state index is -0.466. The van der Waals surface area contributed by atoms with Gasteiger partial charge in [0.1, 0.15) is 17.7 Å². The summed E-state index contributed by atoms with van der Waals surface area (Å²) < 4.78 is 24.7. The summed E-state index contributed by atoms with van der Waals surface area (Å²) in [6, 6.07) is 8.31. The van der Waals surface area contributed by atoms with Crippen LogP contribution < -0.4 is 10.5 Å². The molecular weight excluding hydrogens is 469 g/mol. The molecule has 1 aliphatic heterocycles. The van der Waals surface area contributed by atoms with Gasteiger partial charge < -0.3 is 9.64 Å².